The Morgan fingerprint density at radius 3 is 2.67 bits per heavy atom. The molecule has 2 aromatic carbocycles. The number of anilines is 2. The lowest BCUT2D eigenvalue weighted by atomic mass is 10.2. The second-order valence-electron chi connectivity index (χ2n) is 7.44. The summed E-state index contributed by atoms with van der Waals surface area (Å²) in [5.74, 6) is 0.640. The molecule has 33 heavy (non-hydrogen) atoms. The summed E-state index contributed by atoms with van der Waals surface area (Å²) < 4.78 is 1.90. The number of carbonyl (C=O) groups is 2. The summed E-state index contributed by atoms with van der Waals surface area (Å²) in [6.07, 6.45) is 2.04. The van der Waals surface area contributed by atoms with Crippen LogP contribution in [0.15, 0.2) is 47.6 Å². The molecule has 2 amide bonds. The van der Waals surface area contributed by atoms with Crippen LogP contribution in [0.4, 0.5) is 17.1 Å². The van der Waals surface area contributed by atoms with Gasteiger partial charge in [0.2, 0.25) is 11.8 Å². The number of carbonyl (C=O) groups excluding carboxylic acids is 2. The molecule has 0 saturated heterocycles. The molecule has 2 N–H and O–H groups in total. The molecule has 1 fully saturated rings. The van der Waals surface area contributed by atoms with E-state index in [1.54, 1.807) is 6.07 Å². The Morgan fingerprint density at radius 2 is 2.00 bits per heavy atom. The van der Waals surface area contributed by atoms with Gasteiger partial charge < -0.3 is 10.6 Å². The molecule has 0 atom stereocenters. The number of nitro groups is 1. The average molecular weight is 487 g/mol. The summed E-state index contributed by atoms with van der Waals surface area (Å²) in [5.41, 5.74) is 1.57. The summed E-state index contributed by atoms with van der Waals surface area (Å²) in [6, 6.07) is 11.2. The van der Waals surface area contributed by atoms with Crippen molar-refractivity contribution >= 4 is 52.2 Å². The number of rotatable bonds is 8. The van der Waals surface area contributed by atoms with E-state index >= 15 is 0 Å². The number of thioether (sulfide) groups is 1. The predicted octanol–water partition coefficient (Wildman–Crippen LogP) is 4.40. The van der Waals surface area contributed by atoms with E-state index in [9.17, 15) is 19.7 Å². The predicted molar refractivity (Wildman–Crippen MR) is 125 cm³/mol. The lowest BCUT2D eigenvalue weighted by Crippen LogP contribution is -2.15. The van der Waals surface area contributed by atoms with Gasteiger partial charge in [0.05, 0.1) is 27.1 Å². The second-order valence-corrected chi connectivity index (χ2v) is 8.79. The Hall–Kier alpha value is -3.44. The standard InChI is InChI=1S/C21H19ClN6O4S/c1-12(29)23-14-3-2-4-15(9-14)27-20(13-5-6-13)25-26-21(27)33-11-19(30)24-18-8-7-16(28(31)32)10-17(18)22/h2-4,7-10,13H,5-6,11H2,1H3,(H,23,29)(H,24,30). The molecule has 170 valence electrons. The zero-order chi connectivity index (χ0) is 23.5. The molecule has 0 radical (unpaired) electrons. The van der Waals surface area contributed by atoms with E-state index in [0.717, 1.165) is 24.4 Å². The van der Waals surface area contributed by atoms with E-state index in [4.69, 9.17) is 11.6 Å². The highest BCUT2D eigenvalue weighted by Crippen LogP contribution is 2.41. The van der Waals surface area contributed by atoms with Gasteiger partial charge in [-0.2, -0.15) is 0 Å². The van der Waals surface area contributed by atoms with Gasteiger partial charge in [0.15, 0.2) is 5.16 Å². The van der Waals surface area contributed by atoms with Crippen molar-refractivity contribution in [3.8, 4) is 5.69 Å². The van der Waals surface area contributed by atoms with Crippen LogP contribution in [0, 0.1) is 10.1 Å². The normalized spacial score (nSPS) is 12.9. The minimum atomic E-state index is -0.557. The van der Waals surface area contributed by atoms with Gasteiger partial charge in [-0.25, -0.2) is 0 Å². The van der Waals surface area contributed by atoms with E-state index in [2.05, 4.69) is 20.8 Å². The van der Waals surface area contributed by atoms with E-state index in [1.165, 1.54) is 36.9 Å². The summed E-state index contributed by atoms with van der Waals surface area (Å²) in [6.45, 7) is 1.44. The van der Waals surface area contributed by atoms with Crippen LogP contribution in [-0.4, -0.2) is 37.3 Å². The van der Waals surface area contributed by atoms with Crippen molar-refractivity contribution in [1.29, 1.82) is 0 Å². The number of halogens is 1. The lowest BCUT2D eigenvalue weighted by Gasteiger charge is -2.12. The number of benzene rings is 2. The largest absolute Gasteiger partial charge is 0.326 e. The van der Waals surface area contributed by atoms with Crippen LogP contribution in [0.2, 0.25) is 5.02 Å². The zero-order valence-electron chi connectivity index (χ0n) is 17.4. The maximum Gasteiger partial charge on any atom is 0.271 e. The topological polar surface area (TPSA) is 132 Å². The molecule has 4 rings (SSSR count). The van der Waals surface area contributed by atoms with Crippen LogP contribution in [0.3, 0.4) is 0 Å². The minimum Gasteiger partial charge on any atom is -0.326 e. The molecule has 1 aliphatic rings. The number of hydrogen-bond donors (Lipinski definition) is 2. The van der Waals surface area contributed by atoms with Crippen molar-refractivity contribution in [2.75, 3.05) is 16.4 Å². The summed E-state index contributed by atoms with van der Waals surface area (Å²) in [7, 11) is 0. The first kappa shape index (κ1) is 22.7. The Labute approximate surface area is 197 Å². The van der Waals surface area contributed by atoms with Gasteiger partial charge in [0.1, 0.15) is 5.82 Å². The Morgan fingerprint density at radius 1 is 1.21 bits per heavy atom. The van der Waals surface area contributed by atoms with Crippen LogP contribution in [0.5, 0.6) is 0 Å². The van der Waals surface area contributed by atoms with Crippen LogP contribution in [0.1, 0.15) is 31.5 Å². The number of aromatic nitrogens is 3. The Kier molecular flexibility index (Phi) is 6.61. The fourth-order valence-corrected chi connectivity index (χ4v) is 4.17. The fourth-order valence-electron chi connectivity index (χ4n) is 3.18. The van der Waals surface area contributed by atoms with Crippen LogP contribution in [0.25, 0.3) is 5.69 Å². The molecule has 1 saturated carbocycles. The lowest BCUT2D eigenvalue weighted by molar-refractivity contribution is -0.384. The molecule has 0 bridgehead atoms. The first-order valence-electron chi connectivity index (χ1n) is 10.0. The van der Waals surface area contributed by atoms with Crippen molar-refractivity contribution in [1.82, 2.24) is 14.8 Å². The number of nitrogens with one attached hydrogen (secondary N) is 2. The molecular formula is C21H19ClN6O4S. The summed E-state index contributed by atoms with van der Waals surface area (Å²) in [4.78, 5) is 34.2. The highest BCUT2D eigenvalue weighted by atomic mass is 35.5. The van der Waals surface area contributed by atoms with Crippen molar-refractivity contribution < 1.29 is 14.5 Å². The maximum atomic E-state index is 12.5. The first-order valence-corrected chi connectivity index (χ1v) is 11.4. The highest BCUT2D eigenvalue weighted by molar-refractivity contribution is 7.99. The van der Waals surface area contributed by atoms with Gasteiger partial charge >= 0.3 is 0 Å². The van der Waals surface area contributed by atoms with E-state index in [-0.39, 0.29) is 34.0 Å². The SMILES string of the molecule is CC(=O)Nc1cccc(-n2c(SCC(=O)Nc3ccc([N+](=O)[O-])cc3Cl)nnc2C2CC2)c1. The molecule has 3 aromatic rings. The highest BCUT2D eigenvalue weighted by Gasteiger charge is 2.31. The molecule has 12 heteroatoms. The third-order valence-corrected chi connectivity index (χ3v) is 6.04. The minimum absolute atomic E-state index is 0.0293. The van der Waals surface area contributed by atoms with Gasteiger partial charge in [-0.1, -0.05) is 29.4 Å². The first-order chi connectivity index (χ1) is 15.8. The van der Waals surface area contributed by atoms with Crippen LogP contribution < -0.4 is 10.6 Å². The number of non-ortho nitro benzene ring substituents is 1. The Bertz CT molecular complexity index is 1240. The Balaban J connectivity index is 1.51. The third kappa shape index (κ3) is 5.49. The van der Waals surface area contributed by atoms with Gasteiger partial charge in [0, 0.05) is 30.7 Å². The second kappa shape index (κ2) is 9.59. The molecule has 0 spiro atoms. The van der Waals surface area contributed by atoms with Crippen LogP contribution in [-0.2, 0) is 9.59 Å². The smallest absolute Gasteiger partial charge is 0.271 e. The van der Waals surface area contributed by atoms with Crippen molar-refractivity contribution in [2.45, 2.75) is 30.8 Å². The van der Waals surface area contributed by atoms with Crippen molar-refractivity contribution in [3.63, 3.8) is 0 Å². The van der Waals surface area contributed by atoms with Crippen molar-refractivity contribution in [3.05, 3.63) is 63.4 Å². The summed E-state index contributed by atoms with van der Waals surface area (Å²) in [5, 5.41) is 25.5. The zero-order valence-corrected chi connectivity index (χ0v) is 19.0. The van der Waals surface area contributed by atoms with Gasteiger partial charge in [-0.05, 0) is 37.1 Å². The van der Waals surface area contributed by atoms with E-state index in [1.807, 2.05) is 22.8 Å². The number of amides is 2. The summed E-state index contributed by atoms with van der Waals surface area (Å²) >= 11 is 7.26. The molecular weight excluding hydrogens is 468 g/mol. The fraction of sp³-hybridized carbons (Fsp3) is 0.238. The van der Waals surface area contributed by atoms with Gasteiger partial charge in [-0.3, -0.25) is 24.3 Å². The van der Waals surface area contributed by atoms with E-state index < -0.39 is 4.92 Å². The van der Waals surface area contributed by atoms with Gasteiger partial charge in [-0.15, -0.1) is 10.2 Å². The molecule has 1 aromatic heterocycles. The molecule has 0 aliphatic heterocycles. The monoisotopic (exact) mass is 486 g/mol. The molecule has 1 heterocycles. The van der Waals surface area contributed by atoms with Crippen molar-refractivity contribution in [2.24, 2.45) is 0 Å². The quantitative estimate of drug-likeness (QED) is 0.274. The molecule has 1 aliphatic carbocycles. The van der Waals surface area contributed by atoms with E-state index in [0.29, 0.717) is 16.8 Å². The molecule has 0 unspecified atom stereocenters. The number of hydrogen-bond acceptors (Lipinski definition) is 7. The van der Waals surface area contributed by atoms with Crippen LogP contribution >= 0.6 is 23.4 Å². The maximum absolute atomic E-state index is 12.5. The average Bonchev–Trinajstić information content (AvgIpc) is 3.52. The third-order valence-electron chi connectivity index (χ3n) is 4.80. The van der Waals surface area contributed by atoms with Gasteiger partial charge in [0.25, 0.3) is 5.69 Å². The molecule has 10 nitrogen and oxygen atoms in total. The number of nitrogens with zero attached hydrogens (tertiary/aromatic N) is 4. The number of nitro benzene ring substituents is 1.